The first kappa shape index (κ1) is 16.4. The molecule has 1 aromatic heterocycles. The smallest absolute Gasteiger partial charge is 0.305 e. The Kier molecular flexibility index (Phi) is 5.89. The average Bonchev–Trinajstić information content (AvgIpc) is 2.97. The van der Waals surface area contributed by atoms with Gasteiger partial charge >= 0.3 is 5.97 Å². The number of carbonyl (C=O) groups is 1. The van der Waals surface area contributed by atoms with Crippen molar-refractivity contribution in [2.24, 2.45) is 0 Å². The van der Waals surface area contributed by atoms with Crippen molar-refractivity contribution < 1.29 is 14.3 Å². The van der Waals surface area contributed by atoms with Crippen LogP contribution in [-0.2, 0) is 4.79 Å². The van der Waals surface area contributed by atoms with Gasteiger partial charge in [-0.25, -0.2) is 9.37 Å². The fourth-order valence-corrected chi connectivity index (χ4v) is 2.93. The number of aromatic nitrogens is 1. The zero-order chi connectivity index (χ0) is 15.9. The van der Waals surface area contributed by atoms with E-state index in [-0.39, 0.29) is 12.2 Å². The zero-order valence-electron chi connectivity index (χ0n) is 12.5. The Morgan fingerprint density at radius 2 is 2.05 bits per heavy atom. The summed E-state index contributed by atoms with van der Waals surface area (Å²) in [7, 11) is 0. The molecule has 0 spiro atoms. The van der Waals surface area contributed by atoms with E-state index in [2.05, 4.69) is 11.9 Å². The van der Waals surface area contributed by atoms with Crippen molar-refractivity contribution in [1.82, 2.24) is 4.98 Å². The van der Waals surface area contributed by atoms with E-state index in [9.17, 15) is 9.18 Å². The maximum Gasteiger partial charge on any atom is 0.305 e. The Hall–Kier alpha value is -1.95. The number of rotatable bonds is 8. The van der Waals surface area contributed by atoms with E-state index in [1.54, 1.807) is 12.1 Å². The van der Waals surface area contributed by atoms with Crippen LogP contribution < -0.4 is 4.90 Å². The summed E-state index contributed by atoms with van der Waals surface area (Å²) >= 11 is 1.49. The molecule has 1 heterocycles. The van der Waals surface area contributed by atoms with Crippen molar-refractivity contribution in [1.29, 1.82) is 0 Å². The van der Waals surface area contributed by atoms with E-state index in [0.29, 0.717) is 6.54 Å². The van der Waals surface area contributed by atoms with Crippen molar-refractivity contribution in [2.45, 2.75) is 26.2 Å². The molecule has 22 heavy (non-hydrogen) atoms. The van der Waals surface area contributed by atoms with Gasteiger partial charge in [-0.15, -0.1) is 11.3 Å². The van der Waals surface area contributed by atoms with Crippen LogP contribution in [0.15, 0.2) is 29.6 Å². The number of halogens is 1. The molecule has 1 aromatic carbocycles. The lowest BCUT2D eigenvalue weighted by Crippen LogP contribution is -2.27. The Bertz CT molecular complexity index is 613. The molecule has 0 bridgehead atoms. The third-order valence-corrected chi connectivity index (χ3v) is 4.18. The van der Waals surface area contributed by atoms with E-state index in [1.165, 1.54) is 23.5 Å². The van der Waals surface area contributed by atoms with Crippen molar-refractivity contribution >= 4 is 22.4 Å². The molecule has 0 aliphatic heterocycles. The van der Waals surface area contributed by atoms with E-state index < -0.39 is 5.97 Å². The molecule has 2 aromatic rings. The number of nitrogens with zero attached hydrogens (tertiary/aromatic N) is 2. The Morgan fingerprint density at radius 1 is 1.32 bits per heavy atom. The van der Waals surface area contributed by atoms with Gasteiger partial charge in [0.05, 0.1) is 12.1 Å². The number of carboxylic acids is 1. The van der Waals surface area contributed by atoms with Crippen LogP contribution in [-0.4, -0.2) is 29.1 Å². The molecule has 0 aliphatic carbocycles. The molecule has 0 radical (unpaired) electrons. The van der Waals surface area contributed by atoms with E-state index in [1.807, 2.05) is 10.3 Å². The van der Waals surface area contributed by atoms with Gasteiger partial charge in [-0.1, -0.05) is 13.3 Å². The second-order valence-corrected chi connectivity index (χ2v) is 5.84. The summed E-state index contributed by atoms with van der Waals surface area (Å²) in [5, 5.41) is 11.6. The third-order valence-electron chi connectivity index (χ3n) is 3.28. The molecule has 0 fully saturated rings. The first-order chi connectivity index (χ1) is 10.6. The second-order valence-electron chi connectivity index (χ2n) is 5.01. The Morgan fingerprint density at radius 3 is 2.68 bits per heavy atom. The largest absolute Gasteiger partial charge is 0.481 e. The number of unbranched alkanes of at least 4 members (excludes halogenated alkanes) is 1. The van der Waals surface area contributed by atoms with Crippen molar-refractivity contribution in [3.63, 3.8) is 0 Å². The molecule has 4 nitrogen and oxygen atoms in total. The highest BCUT2D eigenvalue weighted by molar-refractivity contribution is 7.14. The van der Waals surface area contributed by atoms with Crippen molar-refractivity contribution in [2.75, 3.05) is 18.0 Å². The molecular weight excluding hydrogens is 303 g/mol. The monoisotopic (exact) mass is 322 g/mol. The fourth-order valence-electron chi connectivity index (χ4n) is 2.05. The second kappa shape index (κ2) is 7.89. The molecule has 0 saturated heterocycles. The normalized spacial score (nSPS) is 10.6. The van der Waals surface area contributed by atoms with Gasteiger partial charge < -0.3 is 10.0 Å². The van der Waals surface area contributed by atoms with Gasteiger partial charge in [-0.3, -0.25) is 4.79 Å². The molecule has 0 aliphatic rings. The van der Waals surface area contributed by atoms with E-state index >= 15 is 0 Å². The first-order valence-corrected chi connectivity index (χ1v) is 8.16. The number of thiazole rings is 1. The first-order valence-electron chi connectivity index (χ1n) is 7.28. The lowest BCUT2D eigenvalue weighted by Gasteiger charge is -2.20. The molecule has 0 atom stereocenters. The highest BCUT2D eigenvalue weighted by Crippen LogP contribution is 2.28. The standard InChI is InChI=1S/C16H19FN2O2S/c1-2-3-9-19(10-8-15(20)21)16-18-14(11-22-16)12-4-6-13(17)7-5-12/h4-7,11H,2-3,8-10H2,1H3,(H,20,21). The van der Waals surface area contributed by atoms with Crippen LogP contribution in [0.1, 0.15) is 26.2 Å². The Labute approximate surface area is 133 Å². The Balaban J connectivity index is 2.14. The summed E-state index contributed by atoms with van der Waals surface area (Å²) in [6, 6.07) is 6.21. The summed E-state index contributed by atoms with van der Waals surface area (Å²) < 4.78 is 13.0. The molecular formula is C16H19FN2O2S. The maximum atomic E-state index is 13.0. The van der Waals surface area contributed by atoms with Gasteiger partial charge in [0.1, 0.15) is 5.82 Å². The molecule has 6 heteroatoms. The minimum absolute atomic E-state index is 0.0924. The number of anilines is 1. The molecule has 0 unspecified atom stereocenters. The number of benzene rings is 1. The molecule has 2 rings (SSSR count). The lowest BCUT2D eigenvalue weighted by atomic mass is 10.2. The van der Waals surface area contributed by atoms with Crippen LogP contribution in [0.3, 0.4) is 0 Å². The van der Waals surface area contributed by atoms with E-state index in [0.717, 1.165) is 35.8 Å². The van der Waals surface area contributed by atoms with Crippen LogP contribution in [0.25, 0.3) is 11.3 Å². The van der Waals surface area contributed by atoms with Crippen LogP contribution in [0.2, 0.25) is 0 Å². The van der Waals surface area contributed by atoms with Gasteiger partial charge in [0.25, 0.3) is 0 Å². The van der Waals surface area contributed by atoms with Crippen LogP contribution >= 0.6 is 11.3 Å². The quantitative estimate of drug-likeness (QED) is 0.797. The summed E-state index contributed by atoms with van der Waals surface area (Å²) in [4.78, 5) is 17.4. The highest BCUT2D eigenvalue weighted by Gasteiger charge is 2.13. The molecule has 1 N–H and O–H groups in total. The minimum Gasteiger partial charge on any atom is -0.481 e. The predicted molar refractivity (Wildman–Crippen MR) is 86.9 cm³/mol. The highest BCUT2D eigenvalue weighted by atomic mass is 32.1. The third kappa shape index (κ3) is 4.53. The van der Waals surface area contributed by atoms with Gasteiger partial charge in [-0.2, -0.15) is 0 Å². The zero-order valence-corrected chi connectivity index (χ0v) is 13.3. The average molecular weight is 322 g/mol. The van der Waals surface area contributed by atoms with E-state index in [4.69, 9.17) is 5.11 Å². The SMILES string of the molecule is CCCCN(CCC(=O)O)c1nc(-c2ccc(F)cc2)cs1. The number of hydrogen-bond acceptors (Lipinski definition) is 4. The predicted octanol–water partition coefficient (Wildman–Crippen LogP) is 4.03. The van der Waals surface area contributed by atoms with Crippen LogP contribution in [0.4, 0.5) is 9.52 Å². The number of carboxylic acid groups (broad SMARTS) is 1. The van der Waals surface area contributed by atoms with Gasteiger partial charge in [0.15, 0.2) is 5.13 Å². The summed E-state index contributed by atoms with van der Waals surface area (Å²) in [6.45, 7) is 3.34. The summed E-state index contributed by atoms with van der Waals surface area (Å²) in [5.74, 6) is -1.08. The van der Waals surface area contributed by atoms with Crippen molar-refractivity contribution in [3.05, 3.63) is 35.5 Å². The lowest BCUT2D eigenvalue weighted by molar-refractivity contribution is -0.136. The fraction of sp³-hybridized carbons (Fsp3) is 0.375. The maximum absolute atomic E-state index is 13.0. The van der Waals surface area contributed by atoms with Gasteiger partial charge in [-0.05, 0) is 30.7 Å². The van der Waals surface area contributed by atoms with Crippen molar-refractivity contribution in [3.8, 4) is 11.3 Å². The number of aliphatic carboxylic acids is 1. The molecule has 0 saturated carbocycles. The van der Waals surface area contributed by atoms with Gasteiger partial charge in [0.2, 0.25) is 0 Å². The minimum atomic E-state index is -0.809. The van der Waals surface area contributed by atoms with Crippen LogP contribution in [0, 0.1) is 5.82 Å². The summed E-state index contributed by atoms with van der Waals surface area (Å²) in [5.41, 5.74) is 1.65. The summed E-state index contributed by atoms with van der Waals surface area (Å²) in [6.07, 6.45) is 2.13. The number of hydrogen-bond donors (Lipinski definition) is 1. The topological polar surface area (TPSA) is 53.4 Å². The molecule has 118 valence electrons. The van der Waals surface area contributed by atoms with Gasteiger partial charge in [0, 0.05) is 24.0 Å². The van der Waals surface area contributed by atoms with Crippen LogP contribution in [0.5, 0.6) is 0 Å². The molecule has 0 amide bonds.